The molecule has 0 saturated heterocycles. The van der Waals surface area contributed by atoms with Crippen LogP contribution in [0.1, 0.15) is 26.2 Å². The number of aliphatic imine (C=N–C) groups is 1. The summed E-state index contributed by atoms with van der Waals surface area (Å²) in [6.45, 7) is 4.16. The van der Waals surface area contributed by atoms with E-state index in [0.29, 0.717) is 38.6 Å². The monoisotopic (exact) mass is 345 g/mol. The Morgan fingerprint density at radius 2 is 1.92 bits per heavy atom. The second kappa shape index (κ2) is 10.8. The lowest BCUT2D eigenvalue weighted by atomic mass is 10.2. The van der Waals surface area contributed by atoms with Crippen LogP contribution in [0, 0.1) is 0 Å². The van der Waals surface area contributed by atoms with Crippen LogP contribution in [0.3, 0.4) is 0 Å². The summed E-state index contributed by atoms with van der Waals surface area (Å²) in [7, 11) is 1.88. The minimum Gasteiger partial charge on any atom is -0.492 e. The van der Waals surface area contributed by atoms with Crippen LogP contribution in [-0.4, -0.2) is 50.3 Å². The van der Waals surface area contributed by atoms with E-state index in [1.54, 1.807) is 0 Å². The van der Waals surface area contributed by atoms with E-state index in [1.165, 1.54) is 0 Å². The highest BCUT2D eigenvalue weighted by molar-refractivity contribution is 5.79. The van der Waals surface area contributed by atoms with Gasteiger partial charge in [0.05, 0.1) is 6.54 Å². The number of unbranched alkanes of at least 4 members (excludes halogenated alkanes) is 1. The number of nitrogens with one attached hydrogen (secondary N) is 1. The highest BCUT2D eigenvalue weighted by Crippen LogP contribution is 2.22. The quantitative estimate of drug-likeness (QED) is 0.421. The van der Waals surface area contributed by atoms with Crippen LogP contribution < -0.4 is 10.1 Å². The Kier molecular flexibility index (Phi) is 9.04. The predicted octanol–water partition coefficient (Wildman–Crippen LogP) is 3.70. The Morgan fingerprint density at radius 3 is 2.54 bits per heavy atom. The predicted molar refractivity (Wildman–Crippen MR) is 90.5 cm³/mol. The number of halogens is 3. The van der Waals surface area contributed by atoms with Crippen molar-refractivity contribution in [3.8, 4) is 5.75 Å². The van der Waals surface area contributed by atoms with Gasteiger partial charge >= 0.3 is 6.18 Å². The van der Waals surface area contributed by atoms with Gasteiger partial charge in [0.1, 0.15) is 12.4 Å². The largest absolute Gasteiger partial charge is 0.492 e. The van der Waals surface area contributed by atoms with Gasteiger partial charge in [-0.15, -0.1) is 0 Å². The molecule has 0 aliphatic carbocycles. The van der Waals surface area contributed by atoms with Crippen molar-refractivity contribution in [2.75, 3.05) is 33.3 Å². The summed E-state index contributed by atoms with van der Waals surface area (Å²) in [5.74, 6) is 1.49. The SMILES string of the molecule is CCNC(=NCCCCC(F)(F)F)N(C)CCOc1ccccc1. The van der Waals surface area contributed by atoms with Crippen LogP contribution in [0.25, 0.3) is 0 Å². The summed E-state index contributed by atoms with van der Waals surface area (Å²) >= 11 is 0. The summed E-state index contributed by atoms with van der Waals surface area (Å²) < 4.78 is 41.9. The van der Waals surface area contributed by atoms with E-state index in [0.717, 1.165) is 5.75 Å². The number of alkyl halides is 3. The molecule has 0 unspecified atom stereocenters. The topological polar surface area (TPSA) is 36.9 Å². The van der Waals surface area contributed by atoms with Gasteiger partial charge in [0.15, 0.2) is 5.96 Å². The molecule has 0 heterocycles. The summed E-state index contributed by atoms with van der Waals surface area (Å²) in [5, 5.41) is 3.14. The Balaban J connectivity index is 2.34. The Labute approximate surface area is 141 Å². The van der Waals surface area contributed by atoms with Crippen LogP contribution >= 0.6 is 0 Å². The second-order valence-corrected chi connectivity index (χ2v) is 5.39. The van der Waals surface area contributed by atoms with Gasteiger partial charge in [0.2, 0.25) is 0 Å². The van der Waals surface area contributed by atoms with E-state index in [-0.39, 0.29) is 6.42 Å². The van der Waals surface area contributed by atoms with Crippen molar-refractivity contribution in [2.24, 2.45) is 4.99 Å². The third kappa shape index (κ3) is 9.27. The second-order valence-electron chi connectivity index (χ2n) is 5.39. The fourth-order valence-corrected chi connectivity index (χ4v) is 2.01. The average Bonchev–Trinajstić information content (AvgIpc) is 2.53. The molecular formula is C17H26F3N3O. The Hall–Kier alpha value is -1.92. The van der Waals surface area contributed by atoms with E-state index in [2.05, 4.69) is 10.3 Å². The molecule has 0 radical (unpaired) electrons. The third-order valence-corrected chi connectivity index (χ3v) is 3.27. The van der Waals surface area contributed by atoms with Crippen molar-refractivity contribution in [3.05, 3.63) is 30.3 Å². The molecule has 24 heavy (non-hydrogen) atoms. The summed E-state index contributed by atoms with van der Waals surface area (Å²) in [6, 6.07) is 9.52. The number of hydrogen-bond donors (Lipinski definition) is 1. The smallest absolute Gasteiger partial charge is 0.389 e. The molecule has 1 N–H and O–H groups in total. The molecule has 1 aromatic carbocycles. The van der Waals surface area contributed by atoms with Crippen molar-refractivity contribution >= 4 is 5.96 Å². The van der Waals surface area contributed by atoms with Gasteiger partial charge in [-0.05, 0) is 31.9 Å². The van der Waals surface area contributed by atoms with Gasteiger partial charge in [0.25, 0.3) is 0 Å². The van der Waals surface area contributed by atoms with E-state index >= 15 is 0 Å². The molecule has 136 valence electrons. The van der Waals surface area contributed by atoms with Crippen molar-refractivity contribution in [1.82, 2.24) is 10.2 Å². The maximum Gasteiger partial charge on any atom is 0.389 e. The fraction of sp³-hybridized carbons (Fsp3) is 0.588. The normalized spacial score (nSPS) is 12.1. The van der Waals surface area contributed by atoms with Crippen LogP contribution in [-0.2, 0) is 0 Å². The number of para-hydroxylation sites is 1. The van der Waals surface area contributed by atoms with Crippen molar-refractivity contribution in [1.29, 1.82) is 0 Å². The van der Waals surface area contributed by atoms with Crippen LogP contribution in [0.4, 0.5) is 13.2 Å². The zero-order chi connectivity index (χ0) is 17.8. The number of nitrogens with zero attached hydrogens (tertiary/aromatic N) is 2. The molecule has 0 aromatic heterocycles. The standard InChI is InChI=1S/C17H26F3N3O/c1-3-21-16(22-12-8-7-11-17(18,19)20)23(2)13-14-24-15-9-5-4-6-10-15/h4-6,9-10H,3,7-8,11-14H2,1-2H3,(H,21,22). The first kappa shape index (κ1) is 20.1. The van der Waals surface area contributed by atoms with Crippen LogP contribution in [0.5, 0.6) is 5.75 Å². The minimum atomic E-state index is -4.08. The van der Waals surface area contributed by atoms with Gasteiger partial charge in [-0.25, -0.2) is 0 Å². The number of benzene rings is 1. The molecule has 0 saturated carbocycles. The zero-order valence-electron chi connectivity index (χ0n) is 14.3. The average molecular weight is 345 g/mol. The Bertz CT molecular complexity index is 478. The first-order valence-corrected chi connectivity index (χ1v) is 8.16. The Morgan fingerprint density at radius 1 is 1.21 bits per heavy atom. The summed E-state index contributed by atoms with van der Waals surface area (Å²) in [5.41, 5.74) is 0. The number of hydrogen-bond acceptors (Lipinski definition) is 2. The van der Waals surface area contributed by atoms with E-state index in [9.17, 15) is 13.2 Å². The van der Waals surface area contributed by atoms with Gasteiger partial charge in [-0.2, -0.15) is 13.2 Å². The lowest BCUT2D eigenvalue weighted by Crippen LogP contribution is -2.41. The maximum absolute atomic E-state index is 12.1. The van der Waals surface area contributed by atoms with Gasteiger partial charge in [-0.1, -0.05) is 18.2 Å². The molecular weight excluding hydrogens is 319 g/mol. The highest BCUT2D eigenvalue weighted by Gasteiger charge is 2.25. The first-order chi connectivity index (χ1) is 11.4. The van der Waals surface area contributed by atoms with Gasteiger partial charge in [-0.3, -0.25) is 4.99 Å². The number of guanidine groups is 1. The molecule has 1 rings (SSSR count). The zero-order valence-corrected chi connectivity index (χ0v) is 14.3. The van der Waals surface area contributed by atoms with E-state index in [4.69, 9.17) is 4.74 Å². The minimum absolute atomic E-state index is 0.104. The van der Waals surface area contributed by atoms with Crippen molar-refractivity contribution in [3.63, 3.8) is 0 Å². The maximum atomic E-state index is 12.1. The van der Waals surface area contributed by atoms with Gasteiger partial charge < -0.3 is 15.0 Å². The first-order valence-electron chi connectivity index (χ1n) is 8.16. The highest BCUT2D eigenvalue weighted by atomic mass is 19.4. The lowest BCUT2D eigenvalue weighted by Gasteiger charge is -2.22. The third-order valence-electron chi connectivity index (χ3n) is 3.27. The molecule has 4 nitrogen and oxygen atoms in total. The molecule has 0 bridgehead atoms. The molecule has 0 atom stereocenters. The fourth-order valence-electron chi connectivity index (χ4n) is 2.01. The molecule has 1 aromatic rings. The molecule has 0 fully saturated rings. The van der Waals surface area contributed by atoms with Crippen molar-refractivity contribution < 1.29 is 17.9 Å². The van der Waals surface area contributed by atoms with Crippen LogP contribution in [0.2, 0.25) is 0 Å². The summed E-state index contributed by atoms with van der Waals surface area (Å²) in [6.07, 6.45) is -4.31. The molecule has 0 amide bonds. The number of rotatable bonds is 9. The lowest BCUT2D eigenvalue weighted by molar-refractivity contribution is -0.135. The van der Waals surface area contributed by atoms with Gasteiger partial charge in [0, 0.05) is 26.6 Å². The molecule has 0 aliphatic rings. The van der Waals surface area contributed by atoms with E-state index in [1.807, 2.05) is 49.2 Å². The number of ether oxygens (including phenoxy) is 1. The molecule has 7 heteroatoms. The molecule has 0 aliphatic heterocycles. The van der Waals surface area contributed by atoms with Crippen LogP contribution in [0.15, 0.2) is 35.3 Å². The number of likely N-dealkylation sites (N-methyl/N-ethyl adjacent to an activating group) is 1. The molecule has 0 spiro atoms. The van der Waals surface area contributed by atoms with Crippen molar-refractivity contribution in [2.45, 2.75) is 32.4 Å². The van der Waals surface area contributed by atoms with E-state index < -0.39 is 12.6 Å². The summed E-state index contributed by atoms with van der Waals surface area (Å²) in [4.78, 5) is 6.28.